The molecule has 2 unspecified atom stereocenters. The molecule has 0 radical (unpaired) electrons. The summed E-state index contributed by atoms with van der Waals surface area (Å²) in [6, 6.07) is 6.65. The third-order valence-electron chi connectivity index (χ3n) is 5.43. The number of halogens is 2. The standard InChI is InChI=1S/C25H29F2N7O3/c1-14(2)33-24(36)18(26)12-29-19-8-21(34-6-5-16-7-15(9-28)10-31-22(16)34)30-11-17(19)23(35)32-13-20(27)25(3,4)37/h5-8,10-11,14,18,20,37H,12-13H2,1-4H3,(H,29,30)(H,32,35)(H,33,36). The van der Waals surface area contributed by atoms with Crippen molar-refractivity contribution in [1.82, 2.24) is 25.2 Å². The van der Waals surface area contributed by atoms with Gasteiger partial charge in [0.1, 0.15) is 23.7 Å². The zero-order valence-corrected chi connectivity index (χ0v) is 20.9. The fourth-order valence-corrected chi connectivity index (χ4v) is 3.37. The average Bonchev–Trinajstić information content (AvgIpc) is 3.27. The van der Waals surface area contributed by atoms with Crippen LogP contribution in [0.2, 0.25) is 0 Å². The molecule has 196 valence electrons. The molecule has 0 fully saturated rings. The summed E-state index contributed by atoms with van der Waals surface area (Å²) in [6.07, 6.45) is 0.692. The lowest BCUT2D eigenvalue weighted by Gasteiger charge is -2.22. The van der Waals surface area contributed by atoms with Gasteiger partial charge >= 0.3 is 0 Å². The van der Waals surface area contributed by atoms with E-state index in [1.54, 1.807) is 36.7 Å². The summed E-state index contributed by atoms with van der Waals surface area (Å²) in [7, 11) is 0. The van der Waals surface area contributed by atoms with Gasteiger partial charge in [-0.25, -0.2) is 18.7 Å². The van der Waals surface area contributed by atoms with E-state index < -0.39 is 42.8 Å². The summed E-state index contributed by atoms with van der Waals surface area (Å²) in [5, 5.41) is 27.2. The van der Waals surface area contributed by atoms with Crippen LogP contribution in [-0.2, 0) is 4.79 Å². The maximum atomic E-state index is 14.5. The van der Waals surface area contributed by atoms with Crippen molar-refractivity contribution in [3.63, 3.8) is 0 Å². The third-order valence-corrected chi connectivity index (χ3v) is 5.43. The molecule has 3 aromatic heterocycles. The Morgan fingerprint density at radius 2 is 1.92 bits per heavy atom. The highest BCUT2D eigenvalue weighted by atomic mass is 19.1. The van der Waals surface area contributed by atoms with E-state index in [-0.39, 0.29) is 17.3 Å². The minimum absolute atomic E-state index is 0.0145. The number of pyridine rings is 2. The number of nitriles is 1. The maximum absolute atomic E-state index is 14.5. The van der Waals surface area contributed by atoms with Crippen LogP contribution in [0, 0.1) is 11.3 Å². The lowest BCUT2D eigenvalue weighted by molar-refractivity contribution is -0.126. The van der Waals surface area contributed by atoms with Gasteiger partial charge in [0.2, 0.25) is 0 Å². The van der Waals surface area contributed by atoms with Crippen LogP contribution in [0.5, 0.6) is 0 Å². The van der Waals surface area contributed by atoms with Crippen LogP contribution in [0.15, 0.2) is 36.8 Å². The number of nitrogens with zero attached hydrogens (tertiary/aromatic N) is 4. The molecule has 0 bridgehead atoms. The minimum atomic E-state index is -1.90. The number of hydrogen-bond acceptors (Lipinski definition) is 7. The van der Waals surface area contributed by atoms with E-state index in [0.717, 1.165) is 0 Å². The molecule has 2 atom stereocenters. The largest absolute Gasteiger partial charge is 0.387 e. The summed E-state index contributed by atoms with van der Waals surface area (Å²) in [4.78, 5) is 33.4. The second-order valence-electron chi connectivity index (χ2n) is 9.37. The molecule has 10 nitrogen and oxygen atoms in total. The zero-order valence-electron chi connectivity index (χ0n) is 20.9. The molecule has 0 aromatic carbocycles. The van der Waals surface area contributed by atoms with E-state index >= 15 is 0 Å². The molecule has 3 heterocycles. The Morgan fingerprint density at radius 1 is 1.19 bits per heavy atom. The SMILES string of the molecule is CC(C)NC(=O)C(F)CNc1cc(-n2ccc3cc(C#N)cnc32)ncc1C(=O)NCC(F)C(C)(C)O. The second-order valence-corrected chi connectivity index (χ2v) is 9.37. The number of amides is 2. The molecule has 3 rings (SSSR count). The smallest absolute Gasteiger partial charge is 0.256 e. The number of rotatable bonds is 10. The summed E-state index contributed by atoms with van der Waals surface area (Å²) in [5.41, 5.74) is -0.635. The van der Waals surface area contributed by atoms with Crippen molar-refractivity contribution in [3.8, 4) is 11.9 Å². The Hall–Kier alpha value is -4.11. The van der Waals surface area contributed by atoms with Gasteiger partial charge in [0.05, 0.1) is 35.5 Å². The molecule has 4 N–H and O–H groups in total. The number of anilines is 1. The fourth-order valence-electron chi connectivity index (χ4n) is 3.37. The van der Waals surface area contributed by atoms with Gasteiger partial charge in [-0.3, -0.25) is 14.2 Å². The van der Waals surface area contributed by atoms with Crippen LogP contribution < -0.4 is 16.0 Å². The van der Waals surface area contributed by atoms with Crippen LogP contribution in [-0.4, -0.2) is 68.5 Å². The molecule has 3 aromatic rings. The highest BCUT2D eigenvalue weighted by Crippen LogP contribution is 2.23. The van der Waals surface area contributed by atoms with Gasteiger partial charge in [0.25, 0.3) is 11.8 Å². The zero-order chi connectivity index (χ0) is 27.3. The lowest BCUT2D eigenvalue weighted by Crippen LogP contribution is -2.42. The Bertz CT molecular complexity index is 1330. The second kappa shape index (κ2) is 11.3. The van der Waals surface area contributed by atoms with Crippen molar-refractivity contribution in [2.24, 2.45) is 0 Å². The first-order valence-electron chi connectivity index (χ1n) is 11.6. The van der Waals surface area contributed by atoms with Crippen LogP contribution in [0.4, 0.5) is 14.5 Å². The van der Waals surface area contributed by atoms with Crippen molar-refractivity contribution >= 4 is 28.5 Å². The first-order chi connectivity index (χ1) is 17.4. The summed E-state index contributed by atoms with van der Waals surface area (Å²) < 4.78 is 30.3. The highest BCUT2D eigenvalue weighted by molar-refractivity contribution is 5.99. The van der Waals surface area contributed by atoms with Crippen LogP contribution >= 0.6 is 0 Å². The van der Waals surface area contributed by atoms with Crippen LogP contribution in [0.1, 0.15) is 43.6 Å². The Kier molecular flexibility index (Phi) is 8.39. The Labute approximate surface area is 212 Å². The van der Waals surface area contributed by atoms with E-state index in [4.69, 9.17) is 5.26 Å². The first-order valence-corrected chi connectivity index (χ1v) is 11.6. The molecule has 0 saturated heterocycles. The maximum Gasteiger partial charge on any atom is 0.256 e. The fraction of sp³-hybridized carbons (Fsp3) is 0.400. The molecule has 12 heteroatoms. The van der Waals surface area contributed by atoms with Gasteiger partial charge in [0, 0.05) is 36.1 Å². The van der Waals surface area contributed by atoms with E-state index in [1.165, 1.54) is 32.3 Å². The number of carbonyl (C=O) groups is 2. The number of hydrogen-bond donors (Lipinski definition) is 4. The molecular weight excluding hydrogens is 484 g/mol. The van der Waals surface area contributed by atoms with Crippen molar-refractivity contribution in [1.29, 1.82) is 5.26 Å². The summed E-state index contributed by atoms with van der Waals surface area (Å²) in [5.74, 6) is -1.18. The van der Waals surface area contributed by atoms with Crippen LogP contribution in [0.25, 0.3) is 16.9 Å². The average molecular weight is 514 g/mol. The van der Waals surface area contributed by atoms with Gasteiger partial charge in [-0.15, -0.1) is 0 Å². The molecule has 0 saturated carbocycles. The summed E-state index contributed by atoms with van der Waals surface area (Å²) >= 11 is 0. The predicted molar refractivity (Wildman–Crippen MR) is 134 cm³/mol. The predicted octanol–water partition coefficient (Wildman–Crippen LogP) is 2.41. The van der Waals surface area contributed by atoms with Gasteiger partial charge in [-0.2, -0.15) is 5.26 Å². The Balaban J connectivity index is 1.92. The molecule has 0 aliphatic rings. The van der Waals surface area contributed by atoms with E-state index in [0.29, 0.717) is 22.4 Å². The number of aromatic nitrogens is 3. The van der Waals surface area contributed by atoms with E-state index in [1.807, 2.05) is 6.07 Å². The van der Waals surface area contributed by atoms with Gasteiger partial charge < -0.3 is 21.1 Å². The molecule has 0 aliphatic heterocycles. The van der Waals surface area contributed by atoms with Gasteiger partial charge in [0.15, 0.2) is 6.17 Å². The third kappa shape index (κ3) is 6.77. The number of nitrogens with one attached hydrogen (secondary N) is 3. The quantitative estimate of drug-likeness (QED) is 0.326. The number of aliphatic hydroxyl groups is 1. The monoisotopic (exact) mass is 513 g/mol. The van der Waals surface area contributed by atoms with Crippen molar-refractivity contribution in [3.05, 3.63) is 47.9 Å². The van der Waals surface area contributed by atoms with Crippen LogP contribution in [0.3, 0.4) is 0 Å². The van der Waals surface area contributed by atoms with Gasteiger partial charge in [-0.1, -0.05) is 0 Å². The van der Waals surface area contributed by atoms with Crippen molar-refractivity contribution in [2.45, 2.75) is 51.7 Å². The Morgan fingerprint density at radius 3 is 2.57 bits per heavy atom. The molecule has 37 heavy (non-hydrogen) atoms. The molecular formula is C25H29F2N7O3. The molecule has 0 aliphatic carbocycles. The summed E-state index contributed by atoms with van der Waals surface area (Å²) in [6.45, 7) is 5.08. The number of fused-ring (bicyclic) bond motifs is 1. The first kappa shape index (κ1) is 27.5. The van der Waals surface area contributed by atoms with E-state index in [2.05, 4.69) is 25.9 Å². The number of carbonyl (C=O) groups excluding carboxylic acids is 2. The highest BCUT2D eigenvalue weighted by Gasteiger charge is 2.27. The number of alkyl halides is 2. The van der Waals surface area contributed by atoms with Crippen molar-refractivity contribution in [2.75, 3.05) is 18.4 Å². The van der Waals surface area contributed by atoms with Gasteiger partial charge in [-0.05, 0) is 39.8 Å². The van der Waals surface area contributed by atoms with E-state index in [9.17, 15) is 23.5 Å². The van der Waals surface area contributed by atoms with Crippen molar-refractivity contribution < 1.29 is 23.5 Å². The topological polar surface area (TPSA) is 145 Å². The molecule has 0 spiro atoms. The molecule has 2 amide bonds. The normalized spacial score (nSPS) is 13.2. The lowest BCUT2D eigenvalue weighted by atomic mass is 10.0. The minimum Gasteiger partial charge on any atom is -0.387 e.